The Bertz CT molecular complexity index is 994. The molecule has 1 heterocycles. The highest BCUT2D eigenvalue weighted by Crippen LogP contribution is 2.25. The molecule has 1 aliphatic heterocycles. The van der Waals surface area contributed by atoms with Crippen molar-refractivity contribution in [2.24, 2.45) is 0 Å². The van der Waals surface area contributed by atoms with Crippen LogP contribution in [0, 0.1) is 0 Å². The summed E-state index contributed by atoms with van der Waals surface area (Å²) < 4.78 is 23.7. The normalized spacial score (nSPS) is 17.1. The van der Waals surface area contributed by atoms with Gasteiger partial charge in [0.2, 0.25) is 11.8 Å². The van der Waals surface area contributed by atoms with Gasteiger partial charge < -0.3 is 10.2 Å². The molecule has 1 fully saturated rings. The van der Waals surface area contributed by atoms with Crippen LogP contribution in [-0.4, -0.2) is 61.7 Å². The van der Waals surface area contributed by atoms with Crippen LogP contribution in [0.1, 0.15) is 24.1 Å². The van der Waals surface area contributed by atoms with Crippen molar-refractivity contribution in [3.63, 3.8) is 0 Å². The van der Waals surface area contributed by atoms with Gasteiger partial charge in [0.15, 0.2) is 9.84 Å². The van der Waals surface area contributed by atoms with Gasteiger partial charge in [0.05, 0.1) is 11.5 Å². The van der Waals surface area contributed by atoms with Gasteiger partial charge in [0, 0.05) is 39.3 Å². The van der Waals surface area contributed by atoms with Crippen LogP contribution in [0.4, 0.5) is 5.69 Å². The first kappa shape index (κ1) is 22.0. The fourth-order valence-corrected chi connectivity index (χ4v) is 4.72. The van der Waals surface area contributed by atoms with Crippen LogP contribution < -0.4 is 5.32 Å². The summed E-state index contributed by atoms with van der Waals surface area (Å²) in [6.45, 7) is 2.59. The predicted octanol–water partition coefficient (Wildman–Crippen LogP) is 2.08. The quantitative estimate of drug-likeness (QED) is 0.760. The molecule has 0 spiro atoms. The van der Waals surface area contributed by atoms with Gasteiger partial charge in [-0.1, -0.05) is 42.5 Å². The fourth-order valence-electron chi connectivity index (χ4n) is 3.49. The molecular formula is C22H27N3O4S. The van der Waals surface area contributed by atoms with Crippen molar-refractivity contribution < 1.29 is 18.0 Å². The molecule has 0 aromatic heterocycles. The van der Waals surface area contributed by atoms with Crippen molar-refractivity contribution in [1.82, 2.24) is 9.80 Å². The Balaban J connectivity index is 1.80. The number of nitrogens with one attached hydrogen (secondary N) is 1. The Morgan fingerprint density at radius 2 is 1.73 bits per heavy atom. The lowest BCUT2D eigenvalue weighted by molar-refractivity contribution is -0.128. The highest BCUT2D eigenvalue weighted by Gasteiger charge is 2.32. The highest BCUT2D eigenvalue weighted by atomic mass is 32.2. The number of benzene rings is 2. The van der Waals surface area contributed by atoms with E-state index in [0.717, 1.165) is 11.1 Å². The predicted molar refractivity (Wildman–Crippen MR) is 117 cm³/mol. The first-order chi connectivity index (χ1) is 14.2. The molecule has 0 radical (unpaired) electrons. The Kier molecular flexibility index (Phi) is 6.89. The number of anilines is 1. The van der Waals surface area contributed by atoms with E-state index in [0.29, 0.717) is 25.3 Å². The summed E-state index contributed by atoms with van der Waals surface area (Å²) in [6, 6.07) is 16.2. The number of amides is 2. The Labute approximate surface area is 177 Å². The van der Waals surface area contributed by atoms with E-state index in [2.05, 4.69) is 5.32 Å². The molecule has 30 heavy (non-hydrogen) atoms. The van der Waals surface area contributed by atoms with Crippen LogP contribution in [-0.2, 0) is 26.0 Å². The number of rotatable bonds is 6. The molecule has 1 atom stereocenters. The maximum Gasteiger partial charge on any atom is 0.246 e. The molecule has 2 amide bonds. The highest BCUT2D eigenvalue weighted by molar-refractivity contribution is 7.91. The van der Waals surface area contributed by atoms with Gasteiger partial charge in [-0.05, 0) is 23.3 Å². The summed E-state index contributed by atoms with van der Waals surface area (Å²) in [5, 5.41) is 2.97. The average Bonchev–Trinajstić information content (AvgIpc) is 2.70. The van der Waals surface area contributed by atoms with Gasteiger partial charge in [-0.3, -0.25) is 14.5 Å². The summed E-state index contributed by atoms with van der Waals surface area (Å²) >= 11 is 0. The third kappa shape index (κ3) is 5.67. The van der Waals surface area contributed by atoms with Crippen LogP contribution in [0.25, 0.3) is 0 Å². The largest absolute Gasteiger partial charge is 0.342 e. The van der Waals surface area contributed by atoms with Crippen LogP contribution in [0.2, 0.25) is 0 Å². The Hall–Kier alpha value is -2.71. The molecule has 1 saturated heterocycles. The molecule has 2 aromatic rings. The summed E-state index contributed by atoms with van der Waals surface area (Å²) in [7, 11) is -1.32. The Morgan fingerprint density at radius 3 is 2.37 bits per heavy atom. The minimum Gasteiger partial charge on any atom is -0.342 e. The third-order valence-electron chi connectivity index (χ3n) is 5.26. The molecule has 160 valence electrons. The first-order valence-corrected chi connectivity index (χ1v) is 11.7. The van der Waals surface area contributed by atoms with Gasteiger partial charge in [0.1, 0.15) is 6.04 Å². The van der Waals surface area contributed by atoms with Crippen LogP contribution in [0.5, 0.6) is 0 Å². The molecular weight excluding hydrogens is 402 g/mol. The zero-order valence-corrected chi connectivity index (χ0v) is 18.1. The number of nitrogens with zero attached hydrogens (tertiary/aromatic N) is 2. The molecule has 8 heteroatoms. The van der Waals surface area contributed by atoms with E-state index in [-0.39, 0.29) is 23.3 Å². The molecule has 0 saturated carbocycles. The minimum absolute atomic E-state index is 0.0337. The minimum atomic E-state index is -3.05. The summed E-state index contributed by atoms with van der Waals surface area (Å²) in [4.78, 5) is 28.2. The standard InChI is InChI=1S/C22H27N3O4S/c1-17(26)24(2)16-18-7-6-10-20(15-18)23-22(27)21(19-8-4-3-5-9-19)25-11-13-30(28,29)14-12-25/h3-10,15,21H,11-14,16H2,1-2H3,(H,23,27). The van der Waals surface area contributed by atoms with Crippen molar-refractivity contribution in [1.29, 1.82) is 0 Å². The van der Waals surface area contributed by atoms with E-state index in [1.54, 1.807) is 18.0 Å². The van der Waals surface area contributed by atoms with Gasteiger partial charge >= 0.3 is 0 Å². The maximum absolute atomic E-state index is 13.2. The summed E-state index contributed by atoms with van der Waals surface area (Å²) in [5.74, 6) is -0.140. The lowest BCUT2D eigenvalue weighted by atomic mass is 10.0. The number of sulfone groups is 1. The van der Waals surface area contributed by atoms with Crippen LogP contribution in [0.15, 0.2) is 54.6 Å². The number of carbonyl (C=O) groups excluding carboxylic acids is 2. The zero-order valence-electron chi connectivity index (χ0n) is 17.2. The summed E-state index contributed by atoms with van der Waals surface area (Å²) in [6.07, 6.45) is 0. The van der Waals surface area contributed by atoms with Crippen molar-refractivity contribution in [2.45, 2.75) is 19.5 Å². The molecule has 1 N–H and O–H groups in total. The Morgan fingerprint density at radius 1 is 1.07 bits per heavy atom. The SMILES string of the molecule is CC(=O)N(C)Cc1cccc(NC(=O)C(c2ccccc2)N2CCS(=O)(=O)CC2)c1. The summed E-state index contributed by atoms with van der Waals surface area (Å²) in [5.41, 5.74) is 2.37. The van der Waals surface area contributed by atoms with Crippen molar-refractivity contribution in [3.8, 4) is 0 Å². The van der Waals surface area contributed by atoms with E-state index in [9.17, 15) is 18.0 Å². The van der Waals surface area contributed by atoms with E-state index in [1.165, 1.54) is 6.92 Å². The molecule has 0 aliphatic carbocycles. The molecule has 1 unspecified atom stereocenters. The topological polar surface area (TPSA) is 86.8 Å². The van der Waals surface area contributed by atoms with E-state index in [4.69, 9.17) is 0 Å². The number of carbonyl (C=O) groups is 2. The second-order valence-electron chi connectivity index (χ2n) is 7.57. The average molecular weight is 430 g/mol. The molecule has 1 aliphatic rings. The lowest BCUT2D eigenvalue weighted by Gasteiger charge is -2.33. The van der Waals surface area contributed by atoms with Gasteiger partial charge in [-0.25, -0.2) is 8.42 Å². The second-order valence-corrected chi connectivity index (χ2v) is 9.87. The lowest BCUT2D eigenvalue weighted by Crippen LogP contribution is -2.46. The van der Waals surface area contributed by atoms with E-state index >= 15 is 0 Å². The molecule has 0 bridgehead atoms. The molecule has 7 nitrogen and oxygen atoms in total. The van der Waals surface area contributed by atoms with Crippen LogP contribution >= 0.6 is 0 Å². The zero-order chi connectivity index (χ0) is 21.7. The van der Waals surface area contributed by atoms with Gasteiger partial charge in [-0.2, -0.15) is 0 Å². The van der Waals surface area contributed by atoms with Crippen molar-refractivity contribution >= 4 is 27.3 Å². The number of hydrogen-bond acceptors (Lipinski definition) is 5. The van der Waals surface area contributed by atoms with Crippen molar-refractivity contribution in [2.75, 3.05) is 37.0 Å². The third-order valence-corrected chi connectivity index (χ3v) is 6.87. The maximum atomic E-state index is 13.2. The van der Waals surface area contributed by atoms with Gasteiger partial charge in [0.25, 0.3) is 0 Å². The van der Waals surface area contributed by atoms with Crippen LogP contribution in [0.3, 0.4) is 0 Å². The van der Waals surface area contributed by atoms with E-state index < -0.39 is 15.9 Å². The van der Waals surface area contributed by atoms with E-state index in [1.807, 2.05) is 53.4 Å². The number of hydrogen-bond donors (Lipinski definition) is 1. The fraction of sp³-hybridized carbons (Fsp3) is 0.364. The smallest absolute Gasteiger partial charge is 0.246 e. The second kappa shape index (κ2) is 9.40. The molecule has 3 rings (SSSR count). The first-order valence-electron chi connectivity index (χ1n) is 9.86. The van der Waals surface area contributed by atoms with Crippen molar-refractivity contribution in [3.05, 3.63) is 65.7 Å². The van der Waals surface area contributed by atoms with Gasteiger partial charge in [-0.15, -0.1) is 0 Å². The molecule has 2 aromatic carbocycles. The monoisotopic (exact) mass is 429 g/mol.